The van der Waals surface area contributed by atoms with Crippen molar-refractivity contribution in [1.82, 2.24) is 10.2 Å². The SMILES string of the molecule is CN(C)C[C@@H](NC(=O)c1ccc(CS(C)(=O)=O)cc1)c1ccccc1. The fourth-order valence-corrected chi connectivity index (χ4v) is 3.38. The van der Waals surface area contributed by atoms with Crippen LogP contribution in [0.1, 0.15) is 27.5 Å². The molecule has 6 heteroatoms. The van der Waals surface area contributed by atoms with E-state index in [0.29, 0.717) is 17.7 Å². The molecular weight excluding hydrogens is 336 g/mol. The lowest BCUT2D eigenvalue weighted by molar-refractivity contribution is 0.0930. The molecule has 0 radical (unpaired) electrons. The number of carbonyl (C=O) groups is 1. The Kier molecular flexibility index (Phi) is 6.33. The first-order valence-electron chi connectivity index (χ1n) is 8.02. The van der Waals surface area contributed by atoms with Crippen LogP contribution in [0, 0.1) is 0 Å². The Labute approximate surface area is 149 Å². The summed E-state index contributed by atoms with van der Waals surface area (Å²) in [5.41, 5.74) is 2.22. The lowest BCUT2D eigenvalue weighted by Gasteiger charge is -2.23. The summed E-state index contributed by atoms with van der Waals surface area (Å²) in [6.45, 7) is 0.682. The van der Waals surface area contributed by atoms with Gasteiger partial charge in [-0.15, -0.1) is 0 Å². The van der Waals surface area contributed by atoms with Crippen LogP contribution in [0.2, 0.25) is 0 Å². The average Bonchev–Trinajstić information content (AvgIpc) is 2.54. The van der Waals surface area contributed by atoms with Crippen molar-refractivity contribution in [3.63, 3.8) is 0 Å². The number of nitrogens with one attached hydrogen (secondary N) is 1. The number of amides is 1. The Morgan fingerprint density at radius 2 is 1.64 bits per heavy atom. The Morgan fingerprint density at radius 3 is 2.16 bits per heavy atom. The van der Waals surface area contributed by atoms with Crippen LogP contribution in [0.25, 0.3) is 0 Å². The molecule has 2 aromatic rings. The summed E-state index contributed by atoms with van der Waals surface area (Å²) in [5.74, 6) is -0.205. The van der Waals surface area contributed by atoms with Gasteiger partial charge in [0.15, 0.2) is 9.84 Å². The van der Waals surface area contributed by atoms with E-state index in [9.17, 15) is 13.2 Å². The molecule has 2 rings (SSSR count). The number of sulfone groups is 1. The van der Waals surface area contributed by atoms with Gasteiger partial charge in [-0.3, -0.25) is 4.79 Å². The van der Waals surface area contributed by atoms with Gasteiger partial charge in [0.2, 0.25) is 0 Å². The molecule has 1 N–H and O–H groups in total. The molecule has 2 aromatic carbocycles. The van der Waals surface area contributed by atoms with Crippen LogP contribution in [-0.2, 0) is 15.6 Å². The van der Waals surface area contributed by atoms with Crippen LogP contribution in [0.4, 0.5) is 0 Å². The first-order chi connectivity index (χ1) is 11.7. The number of rotatable bonds is 7. The highest BCUT2D eigenvalue weighted by Crippen LogP contribution is 2.15. The first kappa shape index (κ1) is 19.1. The summed E-state index contributed by atoms with van der Waals surface area (Å²) >= 11 is 0. The highest BCUT2D eigenvalue weighted by Gasteiger charge is 2.16. The monoisotopic (exact) mass is 360 g/mol. The van der Waals surface area contributed by atoms with E-state index in [1.807, 2.05) is 49.3 Å². The van der Waals surface area contributed by atoms with Gasteiger partial charge in [0.1, 0.15) is 0 Å². The summed E-state index contributed by atoms with van der Waals surface area (Å²) in [5, 5.41) is 3.05. The van der Waals surface area contributed by atoms with Gasteiger partial charge in [0.05, 0.1) is 11.8 Å². The largest absolute Gasteiger partial charge is 0.344 e. The predicted octanol–water partition coefficient (Wildman–Crippen LogP) is 2.26. The second-order valence-electron chi connectivity index (χ2n) is 6.47. The molecule has 0 aliphatic heterocycles. The molecule has 1 atom stereocenters. The molecule has 0 heterocycles. The number of hydrogen-bond donors (Lipinski definition) is 1. The number of hydrogen-bond acceptors (Lipinski definition) is 4. The number of carbonyl (C=O) groups excluding carboxylic acids is 1. The zero-order valence-electron chi connectivity index (χ0n) is 14.8. The Morgan fingerprint density at radius 1 is 1.04 bits per heavy atom. The molecule has 0 aromatic heterocycles. The third kappa shape index (κ3) is 6.32. The van der Waals surface area contributed by atoms with E-state index in [1.54, 1.807) is 24.3 Å². The van der Waals surface area contributed by atoms with Gasteiger partial charge in [0, 0.05) is 18.4 Å². The van der Waals surface area contributed by atoms with Gasteiger partial charge in [-0.1, -0.05) is 42.5 Å². The molecule has 0 aliphatic carbocycles. The van der Waals surface area contributed by atoms with Crippen molar-refractivity contribution in [2.75, 3.05) is 26.9 Å². The molecule has 1 amide bonds. The van der Waals surface area contributed by atoms with E-state index < -0.39 is 9.84 Å². The Balaban J connectivity index is 2.12. The standard InChI is InChI=1S/C19H24N2O3S/c1-21(2)13-18(16-7-5-4-6-8-16)20-19(22)17-11-9-15(10-12-17)14-25(3,23)24/h4-12,18H,13-14H2,1-3H3,(H,20,22)/t18-/m1/s1. The minimum absolute atomic E-state index is 0.0256. The third-order valence-corrected chi connectivity index (χ3v) is 4.56. The van der Waals surface area contributed by atoms with Crippen LogP contribution in [0.5, 0.6) is 0 Å². The minimum atomic E-state index is -3.08. The van der Waals surface area contributed by atoms with Crippen molar-refractivity contribution in [1.29, 1.82) is 0 Å². The fourth-order valence-electron chi connectivity index (χ4n) is 2.58. The first-order valence-corrected chi connectivity index (χ1v) is 10.1. The summed E-state index contributed by atoms with van der Waals surface area (Å²) in [7, 11) is 0.836. The van der Waals surface area contributed by atoms with Gasteiger partial charge < -0.3 is 10.2 Å². The van der Waals surface area contributed by atoms with Crippen molar-refractivity contribution < 1.29 is 13.2 Å². The highest BCUT2D eigenvalue weighted by atomic mass is 32.2. The van der Waals surface area contributed by atoms with Crippen LogP contribution in [-0.4, -0.2) is 46.1 Å². The van der Waals surface area contributed by atoms with E-state index in [0.717, 1.165) is 5.56 Å². The molecular formula is C19H24N2O3S. The molecule has 0 bridgehead atoms. The van der Waals surface area contributed by atoms with E-state index in [2.05, 4.69) is 5.32 Å². The van der Waals surface area contributed by atoms with Crippen molar-refractivity contribution in [3.05, 3.63) is 71.3 Å². The second-order valence-corrected chi connectivity index (χ2v) is 8.61. The van der Waals surface area contributed by atoms with Gasteiger partial charge in [0.25, 0.3) is 5.91 Å². The normalized spacial score (nSPS) is 12.8. The molecule has 25 heavy (non-hydrogen) atoms. The highest BCUT2D eigenvalue weighted by molar-refractivity contribution is 7.89. The summed E-state index contributed by atoms with van der Waals surface area (Å²) in [6.07, 6.45) is 1.19. The van der Waals surface area contributed by atoms with Gasteiger partial charge >= 0.3 is 0 Å². The van der Waals surface area contributed by atoms with Gasteiger partial charge in [-0.05, 0) is 37.4 Å². The number of nitrogens with zero attached hydrogens (tertiary/aromatic N) is 1. The number of benzene rings is 2. The maximum atomic E-state index is 12.6. The zero-order chi connectivity index (χ0) is 18.4. The Bertz CT molecular complexity index is 800. The van der Waals surface area contributed by atoms with E-state index in [4.69, 9.17) is 0 Å². The van der Waals surface area contributed by atoms with Gasteiger partial charge in [-0.2, -0.15) is 0 Å². The van der Waals surface area contributed by atoms with Crippen molar-refractivity contribution in [2.45, 2.75) is 11.8 Å². The second kappa shape index (κ2) is 8.27. The lowest BCUT2D eigenvalue weighted by Crippen LogP contribution is -2.35. The van der Waals surface area contributed by atoms with Crippen LogP contribution < -0.4 is 5.32 Å². The molecule has 5 nitrogen and oxygen atoms in total. The van der Waals surface area contributed by atoms with Gasteiger partial charge in [-0.25, -0.2) is 8.42 Å². The molecule has 0 aliphatic rings. The zero-order valence-corrected chi connectivity index (χ0v) is 15.6. The lowest BCUT2D eigenvalue weighted by atomic mass is 10.1. The minimum Gasteiger partial charge on any atom is -0.344 e. The Hall–Kier alpha value is -2.18. The van der Waals surface area contributed by atoms with Crippen LogP contribution >= 0.6 is 0 Å². The molecule has 0 saturated heterocycles. The summed E-state index contributed by atoms with van der Waals surface area (Å²) < 4.78 is 22.7. The van der Waals surface area contributed by atoms with Crippen molar-refractivity contribution in [2.24, 2.45) is 0 Å². The molecule has 0 saturated carbocycles. The summed E-state index contributed by atoms with van der Waals surface area (Å²) in [4.78, 5) is 14.6. The smallest absolute Gasteiger partial charge is 0.251 e. The molecule has 134 valence electrons. The van der Waals surface area contributed by atoms with Crippen LogP contribution in [0.15, 0.2) is 54.6 Å². The maximum absolute atomic E-state index is 12.6. The topological polar surface area (TPSA) is 66.5 Å². The average molecular weight is 360 g/mol. The van der Waals surface area contributed by atoms with E-state index in [-0.39, 0.29) is 17.7 Å². The third-order valence-electron chi connectivity index (χ3n) is 3.70. The molecule has 0 spiro atoms. The fraction of sp³-hybridized carbons (Fsp3) is 0.316. The molecule has 0 fully saturated rings. The van der Waals surface area contributed by atoms with Crippen molar-refractivity contribution >= 4 is 15.7 Å². The van der Waals surface area contributed by atoms with Crippen molar-refractivity contribution in [3.8, 4) is 0 Å². The maximum Gasteiger partial charge on any atom is 0.251 e. The predicted molar refractivity (Wildman–Crippen MR) is 100 cm³/mol. The molecule has 0 unspecified atom stereocenters. The number of likely N-dealkylation sites (N-methyl/N-ethyl adjacent to an activating group) is 1. The summed E-state index contributed by atoms with van der Waals surface area (Å²) in [6, 6.07) is 16.4. The van der Waals surface area contributed by atoms with E-state index in [1.165, 1.54) is 6.26 Å². The quantitative estimate of drug-likeness (QED) is 0.822. The van der Waals surface area contributed by atoms with E-state index >= 15 is 0 Å². The van der Waals surface area contributed by atoms with Crippen LogP contribution in [0.3, 0.4) is 0 Å².